The van der Waals surface area contributed by atoms with Gasteiger partial charge in [0.15, 0.2) is 5.11 Å². The Kier molecular flexibility index (Phi) is 4.65. The summed E-state index contributed by atoms with van der Waals surface area (Å²) in [7, 11) is 0. The van der Waals surface area contributed by atoms with Crippen molar-refractivity contribution in [2.24, 2.45) is 0 Å². The third-order valence-electron chi connectivity index (χ3n) is 4.17. The molecule has 22 heavy (non-hydrogen) atoms. The molecule has 2 nitrogen and oxygen atoms in total. The Hall–Kier alpha value is -1.58. The fourth-order valence-corrected chi connectivity index (χ4v) is 3.58. The van der Waals surface area contributed by atoms with Crippen molar-refractivity contribution < 1.29 is 0 Å². The summed E-state index contributed by atoms with van der Waals surface area (Å²) in [6.45, 7) is 2.11. The fraction of sp³-hybridized carbons (Fsp3) is 0.278. The molecule has 2 aromatic carbocycles. The first kappa shape index (κ1) is 15.3. The van der Waals surface area contributed by atoms with Crippen LogP contribution in [0, 0.1) is 0 Å². The van der Waals surface area contributed by atoms with Gasteiger partial charge in [-0.25, -0.2) is 0 Å². The smallest absolute Gasteiger partial charge is 0.167 e. The molecule has 0 saturated heterocycles. The maximum Gasteiger partial charge on any atom is 0.167 e. The zero-order valence-electron chi connectivity index (χ0n) is 12.5. The van der Waals surface area contributed by atoms with Crippen LogP contribution in [-0.4, -0.2) is 5.11 Å². The number of fused-ring (bicyclic) bond motifs is 1. The van der Waals surface area contributed by atoms with Crippen molar-refractivity contribution in [3.63, 3.8) is 0 Å². The number of nitrogens with one attached hydrogen (secondary N) is 2. The minimum absolute atomic E-state index is 0.182. The number of thiocarbonyl (C=S) groups is 1. The molecule has 2 unspecified atom stereocenters. The van der Waals surface area contributed by atoms with Crippen LogP contribution in [0.25, 0.3) is 0 Å². The highest BCUT2D eigenvalue weighted by Crippen LogP contribution is 2.35. The number of hydrogen-bond donors (Lipinski definition) is 2. The van der Waals surface area contributed by atoms with Gasteiger partial charge in [-0.3, -0.25) is 0 Å². The minimum Gasteiger partial charge on any atom is -0.356 e. The van der Waals surface area contributed by atoms with E-state index in [9.17, 15) is 0 Å². The molecule has 3 rings (SSSR count). The molecular weight excluding hydrogens is 312 g/mol. The van der Waals surface area contributed by atoms with Crippen LogP contribution < -0.4 is 10.6 Å². The Balaban J connectivity index is 1.63. The second-order valence-corrected chi connectivity index (χ2v) is 6.46. The lowest BCUT2D eigenvalue weighted by Crippen LogP contribution is -2.38. The van der Waals surface area contributed by atoms with E-state index in [4.69, 9.17) is 23.8 Å². The van der Waals surface area contributed by atoms with Crippen LogP contribution in [0.5, 0.6) is 0 Å². The van der Waals surface area contributed by atoms with Gasteiger partial charge in [-0.05, 0) is 54.7 Å². The molecule has 2 aromatic rings. The van der Waals surface area contributed by atoms with Crippen LogP contribution in [0.1, 0.15) is 42.1 Å². The lowest BCUT2D eigenvalue weighted by molar-refractivity contribution is 0.612. The molecule has 0 radical (unpaired) electrons. The van der Waals surface area contributed by atoms with Gasteiger partial charge in [0.2, 0.25) is 0 Å². The molecule has 1 aliphatic rings. The van der Waals surface area contributed by atoms with E-state index in [1.807, 2.05) is 30.3 Å². The average molecular weight is 331 g/mol. The van der Waals surface area contributed by atoms with Crippen LogP contribution >= 0.6 is 23.8 Å². The summed E-state index contributed by atoms with van der Waals surface area (Å²) < 4.78 is 0. The van der Waals surface area contributed by atoms with Crippen molar-refractivity contribution in [1.29, 1.82) is 0 Å². The molecule has 0 heterocycles. The van der Waals surface area contributed by atoms with Crippen molar-refractivity contribution in [2.45, 2.75) is 31.8 Å². The number of benzene rings is 2. The molecule has 114 valence electrons. The Morgan fingerprint density at radius 2 is 1.95 bits per heavy atom. The first-order chi connectivity index (χ1) is 10.6. The van der Waals surface area contributed by atoms with E-state index in [0.29, 0.717) is 5.11 Å². The van der Waals surface area contributed by atoms with Gasteiger partial charge in [-0.1, -0.05) is 54.1 Å². The van der Waals surface area contributed by atoms with Gasteiger partial charge in [-0.15, -0.1) is 0 Å². The van der Waals surface area contributed by atoms with Crippen molar-refractivity contribution in [3.8, 4) is 0 Å². The normalized spacial score (nSPS) is 17.6. The molecule has 0 fully saturated rings. The molecule has 2 atom stereocenters. The minimum atomic E-state index is 0.182. The van der Waals surface area contributed by atoms with Gasteiger partial charge < -0.3 is 10.6 Å². The van der Waals surface area contributed by atoms with Crippen LogP contribution in [0.4, 0.5) is 0 Å². The maximum atomic E-state index is 6.26. The van der Waals surface area contributed by atoms with E-state index in [0.717, 1.165) is 17.9 Å². The summed E-state index contributed by atoms with van der Waals surface area (Å²) in [4.78, 5) is 0. The molecule has 0 bridgehead atoms. The summed E-state index contributed by atoms with van der Waals surface area (Å²) in [5.41, 5.74) is 3.74. The summed E-state index contributed by atoms with van der Waals surface area (Å²) in [5, 5.41) is 8.33. The van der Waals surface area contributed by atoms with E-state index in [-0.39, 0.29) is 12.1 Å². The predicted molar refractivity (Wildman–Crippen MR) is 96.2 cm³/mol. The van der Waals surface area contributed by atoms with Crippen molar-refractivity contribution in [3.05, 3.63) is 70.2 Å². The lowest BCUT2D eigenvalue weighted by Gasteiger charge is -2.21. The topological polar surface area (TPSA) is 24.1 Å². The van der Waals surface area contributed by atoms with Gasteiger partial charge in [0.25, 0.3) is 0 Å². The van der Waals surface area contributed by atoms with E-state index in [1.165, 1.54) is 16.7 Å². The highest BCUT2D eigenvalue weighted by molar-refractivity contribution is 7.80. The SMILES string of the molecule is CC(NC(=S)NC1CCc2c(Cl)cccc21)c1ccccc1. The molecular formula is C18H19ClN2S. The molecule has 0 aromatic heterocycles. The van der Waals surface area contributed by atoms with Gasteiger partial charge in [-0.2, -0.15) is 0 Å². The molecule has 1 aliphatic carbocycles. The monoisotopic (exact) mass is 330 g/mol. The Labute approximate surface area is 141 Å². The summed E-state index contributed by atoms with van der Waals surface area (Å²) in [6.07, 6.45) is 2.03. The molecule has 4 heteroatoms. The predicted octanol–water partition coefficient (Wildman–Crippen LogP) is 4.55. The Bertz CT molecular complexity index is 672. The van der Waals surface area contributed by atoms with Gasteiger partial charge >= 0.3 is 0 Å². The fourth-order valence-electron chi connectivity index (χ4n) is 2.98. The highest BCUT2D eigenvalue weighted by atomic mass is 35.5. The molecule has 0 spiro atoms. The van der Waals surface area contributed by atoms with Crippen LogP contribution in [0.2, 0.25) is 5.02 Å². The van der Waals surface area contributed by atoms with E-state index in [1.54, 1.807) is 0 Å². The zero-order chi connectivity index (χ0) is 15.5. The first-order valence-electron chi connectivity index (χ1n) is 7.54. The number of hydrogen-bond acceptors (Lipinski definition) is 1. The Morgan fingerprint density at radius 3 is 2.73 bits per heavy atom. The third kappa shape index (κ3) is 3.26. The Morgan fingerprint density at radius 1 is 1.18 bits per heavy atom. The number of halogens is 1. The largest absolute Gasteiger partial charge is 0.356 e. The van der Waals surface area contributed by atoms with E-state index >= 15 is 0 Å². The summed E-state index contributed by atoms with van der Waals surface area (Å²) >= 11 is 11.7. The van der Waals surface area contributed by atoms with Crippen LogP contribution in [0.15, 0.2) is 48.5 Å². The average Bonchev–Trinajstić information content (AvgIpc) is 2.92. The van der Waals surface area contributed by atoms with Gasteiger partial charge in [0, 0.05) is 5.02 Å². The maximum absolute atomic E-state index is 6.26. The van der Waals surface area contributed by atoms with Gasteiger partial charge in [0.1, 0.15) is 0 Å². The van der Waals surface area contributed by atoms with Crippen LogP contribution in [-0.2, 0) is 6.42 Å². The zero-order valence-corrected chi connectivity index (χ0v) is 14.0. The summed E-state index contributed by atoms with van der Waals surface area (Å²) in [6, 6.07) is 16.8. The van der Waals surface area contributed by atoms with Gasteiger partial charge in [0.05, 0.1) is 12.1 Å². The van der Waals surface area contributed by atoms with E-state index in [2.05, 4.69) is 35.8 Å². The van der Waals surface area contributed by atoms with Crippen LogP contribution in [0.3, 0.4) is 0 Å². The standard InChI is InChI=1S/C18H19ClN2S/c1-12(13-6-3-2-4-7-13)20-18(22)21-17-11-10-14-15(17)8-5-9-16(14)19/h2-9,12,17H,10-11H2,1H3,(H2,20,21,22). The lowest BCUT2D eigenvalue weighted by atomic mass is 10.1. The summed E-state index contributed by atoms with van der Waals surface area (Å²) in [5.74, 6) is 0. The first-order valence-corrected chi connectivity index (χ1v) is 8.33. The van der Waals surface area contributed by atoms with Crippen molar-refractivity contribution >= 4 is 28.9 Å². The van der Waals surface area contributed by atoms with Crippen molar-refractivity contribution in [2.75, 3.05) is 0 Å². The molecule has 0 amide bonds. The number of rotatable bonds is 3. The molecule has 0 saturated carbocycles. The highest BCUT2D eigenvalue weighted by Gasteiger charge is 2.24. The quantitative estimate of drug-likeness (QED) is 0.807. The van der Waals surface area contributed by atoms with E-state index < -0.39 is 0 Å². The van der Waals surface area contributed by atoms with Crippen molar-refractivity contribution in [1.82, 2.24) is 10.6 Å². The second kappa shape index (κ2) is 6.67. The molecule has 2 N–H and O–H groups in total. The molecule has 0 aliphatic heterocycles. The third-order valence-corrected chi connectivity index (χ3v) is 4.76. The second-order valence-electron chi connectivity index (χ2n) is 5.65.